The van der Waals surface area contributed by atoms with E-state index in [1.54, 1.807) is 17.0 Å². The van der Waals surface area contributed by atoms with Crippen molar-refractivity contribution in [3.05, 3.63) is 94.9 Å². The van der Waals surface area contributed by atoms with E-state index in [1.165, 1.54) is 11.8 Å². The predicted molar refractivity (Wildman–Crippen MR) is 128 cm³/mol. The molecular weight excluding hydrogens is 414 g/mol. The first-order valence-electron chi connectivity index (χ1n) is 11.4. The van der Waals surface area contributed by atoms with E-state index in [0.717, 1.165) is 23.1 Å². The van der Waals surface area contributed by atoms with Gasteiger partial charge in [-0.2, -0.15) is 0 Å². The molecule has 0 spiro atoms. The normalized spacial score (nSPS) is 16.4. The van der Waals surface area contributed by atoms with Crippen molar-refractivity contribution >= 4 is 11.8 Å². The maximum Gasteiger partial charge on any atom is 0.290 e. The predicted octanol–water partition coefficient (Wildman–Crippen LogP) is 3.83. The van der Waals surface area contributed by atoms with Gasteiger partial charge in [-0.1, -0.05) is 55.5 Å². The van der Waals surface area contributed by atoms with Crippen molar-refractivity contribution in [2.75, 3.05) is 20.6 Å². The Morgan fingerprint density at radius 3 is 2.42 bits per heavy atom. The number of hydrogen-bond acceptors (Lipinski definition) is 4. The number of aryl methyl sites for hydroxylation is 1. The van der Waals surface area contributed by atoms with Crippen molar-refractivity contribution in [3.8, 4) is 0 Å². The summed E-state index contributed by atoms with van der Waals surface area (Å²) >= 11 is 0. The average molecular weight is 446 g/mol. The highest BCUT2D eigenvalue weighted by Crippen LogP contribution is 2.26. The molecule has 3 aromatic rings. The van der Waals surface area contributed by atoms with Crippen molar-refractivity contribution in [3.63, 3.8) is 0 Å². The molecule has 0 aliphatic carbocycles. The summed E-state index contributed by atoms with van der Waals surface area (Å²) in [5.74, 6) is -0.176. The minimum Gasteiger partial charge on any atom is -0.459 e. The first-order valence-corrected chi connectivity index (χ1v) is 11.4. The summed E-state index contributed by atoms with van der Waals surface area (Å²) in [7, 11) is 4.02. The molecule has 4 rings (SSSR count). The Morgan fingerprint density at radius 1 is 1.06 bits per heavy atom. The van der Waals surface area contributed by atoms with Gasteiger partial charge >= 0.3 is 0 Å². The largest absolute Gasteiger partial charge is 0.459 e. The second kappa shape index (κ2) is 10.0. The molecule has 1 aliphatic rings. The number of likely N-dealkylation sites (N-methyl/N-ethyl adjacent to an activating group) is 1. The summed E-state index contributed by atoms with van der Waals surface area (Å²) < 4.78 is 5.34. The quantitative estimate of drug-likeness (QED) is 0.600. The number of nitrogens with zero attached hydrogens (tertiary/aromatic N) is 2. The highest BCUT2D eigenvalue weighted by Gasteiger charge is 2.36. The van der Waals surface area contributed by atoms with E-state index in [4.69, 9.17) is 4.42 Å². The van der Waals surface area contributed by atoms with Crippen LogP contribution in [-0.4, -0.2) is 48.3 Å². The third-order valence-corrected chi connectivity index (χ3v) is 6.41. The van der Waals surface area contributed by atoms with Gasteiger partial charge in [0.1, 0.15) is 6.04 Å². The third kappa shape index (κ3) is 5.01. The van der Waals surface area contributed by atoms with Crippen LogP contribution in [0, 0.1) is 0 Å². The zero-order valence-corrected chi connectivity index (χ0v) is 19.5. The van der Waals surface area contributed by atoms with Gasteiger partial charge in [0, 0.05) is 19.5 Å². The summed E-state index contributed by atoms with van der Waals surface area (Å²) in [4.78, 5) is 30.3. The monoisotopic (exact) mass is 445 g/mol. The number of nitrogens with one attached hydrogen (secondary N) is 1. The molecule has 6 nitrogen and oxygen atoms in total. The van der Waals surface area contributed by atoms with Crippen LogP contribution in [0.4, 0.5) is 0 Å². The summed E-state index contributed by atoms with van der Waals surface area (Å²) in [5.41, 5.74) is 4.59. The van der Waals surface area contributed by atoms with E-state index in [-0.39, 0.29) is 23.6 Å². The Labute approximate surface area is 195 Å². The van der Waals surface area contributed by atoms with E-state index in [1.807, 2.05) is 38.4 Å². The molecular formula is C27H31N3O3. The molecule has 0 fully saturated rings. The minimum absolute atomic E-state index is 0.0324. The van der Waals surface area contributed by atoms with E-state index < -0.39 is 6.04 Å². The number of fused-ring (bicyclic) bond motifs is 1. The lowest BCUT2D eigenvalue weighted by atomic mass is 9.93. The van der Waals surface area contributed by atoms with Crippen molar-refractivity contribution in [1.82, 2.24) is 15.1 Å². The fraction of sp³-hybridized carbons (Fsp3) is 0.333. The maximum atomic E-state index is 13.4. The Bertz CT molecular complexity index is 1090. The molecule has 1 aliphatic heterocycles. The van der Waals surface area contributed by atoms with Gasteiger partial charge in [-0.05, 0) is 54.9 Å². The second-order valence-corrected chi connectivity index (χ2v) is 8.72. The standard InChI is InChI=1S/C27H31N3O3/c1-4-19-11-13-20(14-12-19)24(29(2)3)17-28-26(31)23-16-21-8-5-6-9-22(21)18-30(23)27(32)25-10-7-15-33-25/h5-15,23-24H,4,16-18H2,1-3H3,(H,28,31)/t23-,24+/m1/s1. The van der Waals surface area contributed by atoms with Gasteiger partial charge < -0.3 is 19.5 Å². The molecule has 0 radical (unpaired) electrons. The molecule has 6 heteroatoms. The van der Waals surface area contributed by atoms with Crippen LogP contribution in [0.25, 0.3) is 0 Å². The van der Waals surface area contributed by atoms with Crippen molar-refractivity contribution < 1.29 is 14.0 Å². The zero-order chi connectivity index (χ0) is 23.4. The van der Waals surface area contributed by atoms with E-state index in [0.29, 0.717) is 19.5 Å². The van der Waals surface area contributed by atoms with Gasteiger partial charge in [0.2, 0.25) is 5.91 Å². The van der Waals surface area contributed by atoms with Crippen molar-refractivity contribution in [2.45, 2.75) is 38.4 Å². The number of hydrogen-bond donors (Lipinski definition) is 1. The molecule has 0 bridgehead atoms. The van der Waals surface area contributed by atoms with Gasteiger partial charge in [0.25, 0.3) is 5.91 Å². The van der Waals surface area contributed by atoms with E-state index in [2.05, 4.69) is 41.4 Å². The minimum atomic E-state index is -0.595. The summed E-state index contributed by atoms with van der Waals surface area (Å²) in [5, 5.41) is 3.12. The highest BCUT2D eigenvalue weighted by atomic mass is 16.3. The van der Waals surface area contributed by atoms with Crippen LogP contribution in [0.2, 0.25) is 0 Å². The topological polar surface area (TPSA) is 65.8 Å². The first-order chi connectivity index (χ1) is 16.0. The molecule has 0 saturated heterocycles. The van der Waals surface area contributed by atoms with Crippen molar-refractivity contribution in [1.29, 1.82) is 0 Å². The summed E-state index contributed by atoms with van der Waals surface area (Å²) in [6.45, 7) is 2.97. The lowest BCUT2D eigenvalue weighted by Gasteiger charge is -2.36. The molecule has 2 amide bonds. The average Bonchev–Trinajstić information content (AvgIpc) is 3.38. The van der Waals surface area contributed by atoms with Crippen LogP contribution < -0.4 is 5.32 Å². The number of amides is 2. The van der Waals surface area contributed by atoms with Crippen LogP contribution in [0.1, 0.15) is 45.8 Å². The Balaban J connectivity index is 1.53. The van der Waals surface area contributed by atoms with Gasteiger partial charge in [0.15, 0.2) is 5.76 Å². The molecule has 0 saturated carbocycles. The molecule has 1 N–H and O–H groups in total. The number of carbonyl (C=O) groups is 2. The molecule has 2 atom stereocenters. The molecule has 33 heavy (non-hydrogen) atoms. The van der Waals surface area contributed by atoms with Gasteiger partial charge in [-0.25, -0.2) is 0 Å². The summed E-state index contributed by atoms with van der Waals surface area (Å²) in [6.07, 6.45) is 2.95. The molecule has 1 aromatic heterocycles. The second-order valence-electron chi connectivity index (χ2n) is 8.72. The van der Waals surface area contributed by atoms with Crippen LogP contribution in [0.15, 0.2) is 71.3 Å². The number of benzene rings is 2. The van der Waals surface area contributed by atoms with Crippen LogP contribution in [-0.2, 0) is 24.2 Å². The zero-order valence-electron chi connectivity index (χ0n) is 19.5. The van der Waals surface area contributed by atoms with Gasteiger partial charge in [0.05, 0.1) is 12.3 Å². The van der Waals surface area contributed by atoms with E-state index in [9.17, 15) is 9.59 Å². The Kier molecular flexibility index (Phi) is 6.94. The van der Waals surface area contributed by atoms with E-state index >= 15 is 0 Å². The molecule has 2 aromatic carbocycles. The smallest absolute Gasteiger partial charge is 0.290 e. The Hall–Kier alpha value is -3.38. The van der Waals surface area contributed by atoms with Gasteiger partial charge in [-0.15, -0.1) is 0 Å². The molecule has 172 valence electrons. The highest BCUT2D eigenvalue weighted by molar-refractivity contribution is 5.96. The number of rotatable bonds is 7. The maximum absolute atomic E-state index is 13.4. The SMILES string of the molecule is CCc1ccc([C@H](CNC(=O)[C@H]2Cc3ccccc3CN2C(=O)c2ccco2)N(C)C)cc1. The van der Waals surface area contributed by atoms with Crippen LogP contribution in [0.3, 0.4) is 0 Å². The third-order valence-electron chi connectivity index (χ3n) is 6.41. The fourth-order valence-electron chi connectivity index (χ4n) is 4.40. The first kappa shape index (κ1) is 22.8. The number of carbonyl (C=O) groups excluding carboxylic acids is 2. The van der Waals surface area contributed by atoms with Crippen molar-refractivity contribution in [2.24, 2.45) is 0 Å². The van der Waals surface area contributed by atoms with Crippen LogP contribution in [0.5, 0.6) is 0 Å². The molecule has 0 unspecified atom stereocenters. The summed E-state index contributed by atoms with van der Waals surface area (Å²) in [6, 6.07) is 19.2. The van der Waals surface area contributed by atoms with Gasteiger partial charge in [-0.3, -0.25) is 9.59 Å². The fourth-order valence-corrected chi connectivity index (χ4v) is 4.40. The molecule has 2 heterocycles. The lowest BCUT2D eigenvalue weighted by Crippen LogP contribution is -2.53. The number of furan rings is 1. The van der Waals surface area contributed by atoms with Crippen LogP contribution >= 0.6 is 0 Å². The lowest BCUT2D eigenvalue weighted by molar-refractivity contribution is -0.126. The Morgan fingerprint density at radius 2 is 1.79 bits per heavy atom.